The second-order valence-electron chi connectivity index (χ2n) is 6.00. The lowest BCUT2D eigenvalue weighted by atomic mass is 9.68. The lowest BCUT2D eigenvalue weighted by Crippen LogP contribution is -2.41. The molecular formula is C20H27BrO3. The average molecular weight is 395 g/mol. The Bertz CT molecular complexity index is 651. The van der Waals surface area contributed by atoms with Crippen LogP contribution in [-0.2, 0) is 16.6 Å². The van der Waals surface area contributed by atoms with Crippen molar-refractivity contribution >= 4 is 21.7 Å². The van der Waals surface area contributed by atoms with Crippen molar-refractivity contribution in [2.45, 2.75) is 64.9 Å². The molecule has 0 aromatic heterocycles. The summed E-state index contributed by atoms with van der Waals surface area (Å²) in [4.78, 5) is 11.9. The molecule has 4 heteroatoms. The molecule has 3 rings (SSSR count). The summed E-state index contributed by atoms with van der Waals surface area (Å²) in [6.07, 6.45) is 7.05. The molecule has 132 valence electrons. The smallest absolute Gasteiger partial charge is 0.166 e. The standard InChI is InChI=1S/C18H21BrO3.C2H6/c1-4-7-18-8-6-11(20)9-15(18)22-17-14(21-3)10-13(19)12(5-2)16(17)18;1-2/h6,8,10,15H,4-5,7,9H2,1-3H3;1-2H3. The molecule has 2 atom stereocenters. The van der Waals surface area contributed by atoms with Crippen molar-refractivity contribution in [1.82, 2.24) is 0 Å². The molecule has 0 radical (unpaired) electrons. The number of hydrogen-bond donors (Lipinski definition) is 0. The molecule has 0 bridgehead atoms. The third kappa shape index (κ3) is 2.90. The fourth-order valence-electron chi connectivity index (χ4n) is 3.85. The van der Waals surface area contributed by atoms with Crippen LogP contribution in [0.4, 0.5) is 0 Å². The van der Waals surface area contributed by atoms with E-state index in [0.717, 1.165) is 35.2 Å². The van der Waals surface area contributed by atoms with Crippen LogP contribution in [-0.4, -0.2) is 19.0 Å². The Labute approximate surface area is 153 Å². The van der Waals surface area contributed by atoms with Crippen molar-refractivity contribution in [1.29, 1.82) is 0 Å². The third-order valence-corrected chi connectivity index (χ3v) is 5.50. The summed E-state index contributed by atoms with van der Waals surface area (Å²) in [5.74, 6) is 1.70. The molecule has 0 N–H and O–H groups in total. The fraction of sp³-hybridized carbons (Fsp3) is 0.550. The zero-order chi connectivity index (χ0) is 17.9. The van der Waals surface area contributed by atoms with Gasteiger partial charge in [0.1, 0.15) is 6.10 Å². The first kappa shape index (κ1) is 19.0. The maximum atomic E-state index is 11.9. The molecule has 0 spiro atoms. The van der Waals surface area contributed by atoms with E-state index in [4.69, 9.17) is 9.47 Å². The van der Waals surface area contributed by atoms with Crippen LogP contribution in [0.5, 0.6) is 11.5 Å². The third-order valence-electron chi connectivity index (χ3n) is 4.79. The number of ether oxygens (including phenoxy) is 2. The minimum absolute atomic E-state index is 0.117. The van der Waals surface area contributed by atoms with Gasteiger partial charge in [-0.25, -0.2) is 0 Å². The molecule has 1 aliphatic carbocycles. The summed E-state index contributed by atoms with van der Waals surface area (Å²) < 4.78 is 12.8. The van der Waals surface area contributed by atoms with Crippen LogP contribution in [0.3, 0.4) is 0 Å². The van der Waals surface area contributed by atoms with E-state index in [2.05, 4.69) is 35.9 Å². The SMILES string of the molecule is CC.CCCC12C=CC(=O)CC1Oc1c(OC)cc(Br)c(CC)c12. The molecule has 1 aliphatic heterocycles. The van der Waals surface area contributed by atoms with Crippen molar-refractivity contribution in [3.63, 3.8) is 0 Å². The second-order valence-corrected chi connectivity index (χ2v) is 6.85. The summed E-state index contributed by atoms with van der Waals surface area (Å²) >= 11 is 3.68. The van der Waals surface area contributed by atoms with Crippen LogP contribution in [0.15, 0.2) is 22.7 Å². The molecule has 3 nitrogen and oxygen atoms in total. The molecule has 1 aromatic carbocycles. The lowest BCUT2D eigenvalue weighted by molar-refractivity contribution is -0.117. The van der Waals surface area contributed by atoms with E-state index in [1.807, 2.05) is 19.9 Å². The van der Waals surface area contributed by atoms with Crippen LogP contribution in [0.1, 0.15) is 58.1 Å². The summed E-state index contributed by atoms with van der Waals surface area (Å²) in [7, 11) is 1.66. The monoisotopic (exact) mass is 394 g/mol. The number of rotatable bonds is 4. The topological polar surface area (TPSA) is 35.5 Å². The van der Waals surface area contributed by atoms with Gasteiger partial charge < -0.3 is 9.47 Å². The van der Waals surface area contributed by atoms with Crippen molar-refractivity contribution in [2.75, 3.05) is 7.11 Å². The van der Waals surface area contributed by atoms with E-state index in [1.165, 1.54) is 11.1 Å². The van der Waals surface area contributed by atoms with Gasteiger partial charge in [0.05, 0.1) is 12.5 Å². The van der Waals surface area contributed by atoms with Gasteiger partial charge in [0.15, 0.2) is 17.3 Å². The van der Waals surface area contributed by atoms with Crippen molar-refractivity contribution < 1.29 is 14.3 Å². The zero-order valence-electron chi connectivity index (χ0n) is 15.2. The van der Waals surface area contributed by atoms with Gasteiger partial charge in [-0.3, -0.25) is 4.79 Å². The quantitative estimate of drug-likeness (QED) is 0.687. The van der Waals surface area contributed by atoms with E-state index < -0.39 is 0 Å². The minimum Gasteiger partial charge on any atom is -0.493 e. The maximum Gasteiger partial charge on any atom is 0.166 e. The van der Waals surface area contributed by atoms with Gasteiger partial charge in [0.2, 0.25) is 0 Å². The Hall–Kier alpha value is -1.29. The molecule has 1 heterocycles. The van der Waals surface area contributed by atoms with Gasteiger partial charge in [-0.2, -0.15) is 0 Å². The average Bonchev–Trinajstić information content (AvgIpc) is 2.91. The highest BCUT2D eigenvalue weighted by Gasteiger charge is 2.51. The molecule has 0 amide bonds. The van der Waals surface area contributed by atoms with Gasteiger partial charge in [0.25, 0.3) is 0 Å². The molecule has 0 saturated heterocycles. The van der Waals surface area contributed by atoms with Crippen molar-refractivity contribution in [3.8, 4) is 11.5 Å². The fourth-order valence-corrected chi connectivity index (χ4v) is 4.54. The zero-order valence-corrected chi connectivity index (χ0v) is 16.8. The summed E-state index contributed by atoms with van der Waals surface area (Å²) in [6, 6.07) is 1.97. The molecule has 24 heavy (non-hydrogen) atoms. The first-order valence-electron chi connectivity index (χ1n) is 8.86. The van der Waals surface area contributed by atoms with E-state index in [1.54, 1.807) is 13.2 Å². The maximum absolute atomic E-state index is 11.9. The number of halogens is 1. The number of benzene rings is 1. The van der Waals surface area contributed by atoms with Crippen molar-refractivity contribution in [3.05, 3.63) is 33.8 Å². The van der Waals surface area contributed by atoms with Gasteiger partial charge in [-0.05, 0) is 30.5 Å². The molecule has 0 saturated carbocycles. The Morgan fingerprint density at radius 2 is 2.08 bits per heavy atom. The van der Waals surface area contributed by atoms with Crippen LogP contribution >= 0.6 is 15.9 Å². The summed E-state index contributed by atoms with van der Waals surface area (Å²) in [5, 5.41) is 0. The second kappa shape index (κ2) is 7.73. The van der Waals surface area contributed by atoms with Crippen molar-refractivity contribution in [2.24, 2.45) is 0 Å². The predicted molar refractivity (Wildman–Crippen MR) is 101 cm³/mol. The molecule has 1 aromatic rings. The molecule has 0 fully saturated rings. The number of carbonyl (C=O) groups excluding carboxylic acids is 1. The normalized spacial score (nSPS) is 23.8. The van der Waals surface area contributed by atoms with Gasteiger partial charge in [0, 0.05) is 16.5 Å². The molecular weight excluding hydrogens is 368 g/mol. The van der Waals surface area contributed by atoms with Crippen LogP contribution in [0.25, 0.3) is 0 Å². The van der Waals surface area contributed by atoms with E-state index in [-0.39, 0.29) is 17.3 Å². The highest BCUT2D eigenvalue weighted by Crippen LogP contribution is 2.56. The Morgan fingerprint density at radius 1 is 1.38 bits per heavy atom. The van der Waals surface area contributed by atoms with E-state index in [9.17, 15) is 4.79 Å². The number of hydrogen-bond acceptors (Lipinski definition) is 3. The largest absolute Gasteiger partial charge is 0.493 e. The first-order valence-corrected chi connectivity index (χ1v) is 9.65. The Kier molecular flexibility index (Phi) is 6.13. The van der Waals surface area contributed by atoms with Gasteiger partial charge in [-0.15, -0.1) is 0 Å². The summed E-state index contributed by atoms with van der Waals surface area (Å²) in [6.45, 7) is 8.33. The predicted octanol–water partition coefficient (Wildman–Crippen LogP) is 5.37. The lowest BCUT2D eigenvalue weighted by Gasteiger charge is -2.34. The van der Waals surface area contributed by atoms with E-state index >= 15 is 0 Å². The Balaban J connectivity index is 0.00000100. The van der Waals surface area contributed by atoms with E-state index in [0.29, 0.717) is 6.42 Å². The highest BCUT2D eigenvalue weighted by molar-refractivity contribution is 9.10. The highest BCUT2D eigenvalue weighted by atomic mass is 79.9. The van der Waals surface area contributed by atoms with Crippen LogP contribution in [0.2, 0.25) is 0 Å². The van der Waals surface area contributed by atoms with Crippen LogP contribution in [0, 0.1) is 0 Å². The molecule has 2 unspecified atom stereocenters. The first-order chi connectivity index (χ1) is 11.6. The summed E-state index contributed by atoms with van der Waals surface area (Å²) in [5.41, 5.74) is 2.25. The number of fused-ring (bicyclic) bond motifs is 3. The number of carbonyl (C=O) groups is 1. The molecule has 2 aliphatic rings. The van der Waals surface area contributed by atoms with Crippen LogP contribution < -0.4 is 9.47 Å². The number of methoxy groups -OCH3 is 1. The Morgan fingerprint density at radius 3 is 2.67 bits per heavy atom. The minimum atomic E-state index is -0.208. The van der Waals surface area contributed by atoms with Gasteiger partial charge in [-0.1, -0.05) is 56.1 Å². The number of allylic oxidation sites excluding steroid dienone is 1. The van der Waals surface area contributed by atoms with Gasteiger partial charge >= 0.3 is 0 Å². The number of ketones is 1.